The van der Waals surface area contributed by atoms with Crippen LogP contribution in [-0.2, 0) is 6.54 Å². The first kappa shape index (κ1) is 13.0. The van der Waals surface area contributed by atoms with Crippen LogP contribution in [0.5, 0.6) is 0 Å². The number of pyridine rings is 1. The SMILES string of the molecule is CCCN(CC1CC1)C(=O)c1ccc(CN)cn1. The van der Waals surface area contributed by atoms with Crippen molar-refractivity contribution in [2.75, 3.05) is 13.1 Å². The Morgan fingerprint density at radius 3 is 2.78 bits per heavy atom. The van der Waals surface area contributed by atoms with Crippen molar-refractivity contribution in [3.05, 3.63) is 29.6 Å². The second-order valence-electron chi connectivity index (χ2n) is 4.95. The number of nitrogens with zero attached hydrogens (tertiary/aromatic N) is 2. The predicted molar refractivity (Wildman–Crippen MR) is 71.0 cm³/mol. The fraction of sp³-hybridized carbons (Fsp3) is 0.571. The first-order chi connectivity index (χ1) is 8.74. The maximum Gasteiger partial charge on any atom is 0.272 e. The molecule has 2 N–H and O–H groups in total. The number of amides is 1. The van der Waals surface area contributed by atoms with Crippen LogP contribution >= 0.6 is 0 Å². The van der Waals surface area contributed by atoms with E-state index in [1.54, 1.807) is 12.3 Å². The van der Waals surface area contributed by atoms with Crippen molar-refractivity contribution in [3.63, 3.8) is 0 Å². The van der Waals surface area contributed by atoms with Crippen LogP contribution in [0.4, 0.5) is 0 Å². The molecule has 98 valence electrons. The molecule has 1 aromatic heterocycles. The van der Waals surface area contributed by atoms with Crippen LogP contribution in [0, 0.1) is 5.92 Å². The Bertz CT molecular complexity index is 398. The van der Waals surface area contributed by atoms with Crippen LogP contribution in [0.1, 0.15) is 42.2 Å². The highest BCUT2D eigenvalue weighted by molar-refractivity contribution is 5.92. The van der Waals surface area contributed by atoms with Gasteiger partial charge in [0.2, 0.25) is 0 Å². The molecule has 0 saturated heterocycles. The lowest BCUT2D eigenvalue weighted by atomic mass is 10.2. The normalized spacial score (nSPS) is 14.6. The van der Waals surface area contributed by atoms with Gasteiger partial charge in [-0.3, -0.25) is 9.78 Å². The summed E-state index contributed by atoms with van der Waals surface area (Å²) < 4.78 is 0. The predicted octanol–water partition coefficient (Wildman–Crippen LogP) is 1.80. The average molecular weight is 247 g/mol. The van der Waals surface area contributed by atoms with Crippen LogP contribution in [0.15, 0.2) is 18.3 Å². The number of aromatic nitrogens is 1. The highest BCUT2D eigenvalue weighted by Crippen LogP contribution is 2.30. The minimum Gasteiger partial charge on any atom is -0.337 e. The monoisotopic (exact) mass is 247 g/mol. The third-order valence-electron chi connectivity index (χ3n) is 3.24. The van der Waals surface area contributed by atoms with E-state index in [2.05, 4.69) is 11.9 Å². The molecule has 1 heterocycles. The van der Waals surface area contributed by atoms with Crippen LogP contribution in [0.2, 0.25) is 0 Å². The Morgan fingerprint density at radius 2 is 2.28 bits per heavy atom. The smallest absolute Gasteiger partial charge is 0.272 e. The Kier molecular flexibility index (Phi) is 4.31. The van der Waals surface area contributed by atoms with E-state index in [-0.39, 0.29) is 5.91 Å². The summed E-state index contributed by atoms with van der Waals surface area (Å²) in [7, 11) is 0. The van der Waals surface area contributed by atoms with E-state index < -0.39 is 0 Å². The average Bonchev–Trinajstić information content (AvgIpc) is 3.21. The molecule has 18 heavy (non-hydrogen) atoms. The van der Waals surface area contributed by atoms with E-state index in [9.17, 15) is 4.79 Å². The summed E-state index contributed by atoms with van der Waals surface area (Å²) in [5.41, 5.74) is 7.01. The van der Waals surface area contributed by atoms with Crippen molar-refractivity contribution in [1.82, 2.24) is 9.88 Å². The maximum absolute atomic E-state index is 12.3. The molecule has 1 aromatic rings. The van der Waals surface area contributed by atoms with Gasteiger partial charge in [0.1, 0.15) is 5.69 Å². The maximum atomic E-state index is 12.3. The summed E-state index contributed by atoms with van der Waals surface area (Å²) in [6.07, 6.45) is 5.19. The van der Waals surface area contributed by atoms with E-state index in [1.165, 1.54) is 12.8 Å². The Morgan fingerprint density at radius 1 is 1.50 bits per heavy atom. The zero-order chi connectivity index (χ0) is 13.0. The molecule has 1 amide bonds. The van der Waals surface area contributed by atoms with Gasteiger partial charge in [0.25, 0.3) is 5.91 Å². The van der Waals surface area contributed by atoms with E-state index in [4.69, 9.17) is 5.73 Å². The number of hydrogen-bond acceptors (Lipinski definition) is 3. The van der Waals surface area contributed by atoms with Crippen molar-refractivity contribution in [1.29, 1.82) is 0 Å². The number of rotatable bonds is 6. The van der Waals surface area contributed by atoms with Crippen molar-refractivity contribution >= 4 is 5.91 Å². The molecular weight excluding hydrogens is 226 g/mol. The van der Waals surface area contributed by atoms with Gasteiger partial charge < -0.3 is 10.6 Å². The fourth-order valence-corrected chi connectivity index (χ4v) is 1.99. The zero-order valence-electron chi connectivity index (χ0n) is 10.9. The summed E-state index contributed by atoms with van der Waals surface area (Å²) in [4.78, 5) is 18.5. The van der Waals surface area contributed by atoms with Gasteiger partial charge >= 0.3 is 0 Å². The zero-order valence-corrected chi connectivity index (χ0v) is 10.9. The third-order valence-corrected chi connectivity index (χ3v) is 3.24. The van der Waals surface area contributed by atoms with Gasteiger partial charge in [0, 0.05) is 25.8 Å². The van der Waals surface area contributed by atoms with E-state index in [0.29, 0.717) is 18.2 Å². The van der Waals surface area contributed by atoms with Crippen molar-refractivity contribution in [2.24, 2.45) is 11.7 Å². The lowest BCUT2D eigenvalue weighted by Gasteiger charge is -2.21. The highest BCUT2D eigenvalue weighted by Gasteiger charge is 2.27. The fourth-order valence-electron chi connectivity index (χ4n) is 1.99. The molecule has 4 nitrogen and oxygen atoms in total. The second-order valence-corrected chi connectivity index (χ2v) is 4.95. The minimum atomic E-state index is 0.0484. The minimum absolute atomic E-state index is 0.0484. The lowest BCUT2D eigenvalue weighted by Crippen LogP contribution is -2.34. The summed E-state index contributed by atoms with van der Waals surface area (Å²) in [6.45, 7) is 4.25. The van der Waals surface area contributed by atoms with Gasteiger partial charge in [0.05, 0.1) is 0 Å². The number of carbonyl (C=O) groups is 1. The molecule has 0 atom stereocenters. The Hall–Kier alpha value is -1.42. The first-order valence-corrected chi connectivity index (χ1v) is 6.69. The molecule has 1 fully saturated rings. The van der Waals surface area contributed by atoms with Gasteiger partial charge in [-0.05, 0) is 36.8 Å². The molecule has 0 bridgehead atoms. The summed E-state index contributed by atoms with van der Waals surface area (Å²) in [6, 6.07) is 3.65. The first-order valence-electron chi connectivity index (χ1n) is 6.69. The van der Waals surface area contributed by atoms with E-state index >= 15 is 0 Å². The third kappa shape index (κ3) is 3.29. The van der Waals surface area contributed by atoms with Crippen LogP contribution in [-0.4, -0.2) is 28.9 Å². The van der Waals surface area contributed by atoms with Crippen molar-refractivity contribution in [2.45, 2.75) is 32.7 Å². The molecule has 0 aromatic carbocycles. The quantitative estimate of drug-likeness (QED) is 0.834. The Labute approximate surface area is 108 Å². The summed E-state index contributed by atoms with van der Waals surface area (Å²) in [5, 5.41) is 0. The summed E-state index contributed by atoms with van der Waals surface area (Å²) in [5.74, 6) is 0.760. The van der Waals surface area contributed by atoms with E-state index in [0.717, 1.165) is 25.1 Å². The molecule has 1 aliphatic carbocycles. The second kappa shape index (κ2) is 5.96. The highest BCUT2D eigenvalue weighted by atomic mass is 16.2. The van der Waals surface area contributed by atoms with Crippen molar-refractivity contribution < 1.29 is 4.79 Å². The van der Waals surface area contributed by atoms with Crippen LogP contribution < -0.4 is 5.73 Å². The molecular formula is C14H21N3O. The number of hydrogen-bond donors (Lipinski definition) is 1. The molecule has 0 unspecified atom stereocenters. The molecule has 1 saturated carbocycles. The molecule has 0 radical (unpaired) electrons. The van der Waals surface area contributed by atoms with Crippen LogP contribution in [0.25, 0.3) is 0 Å². The number of carbonyl (C=O) groups excluding carboxylic acids is 1. The largest absolute Gasteiger partial charge is 0.337 e. The van der Waals surface area contributed by atoms with Gasteiger partial charge in [-0.15, -0.1) is 0 Å². The molecule has 0 aliphatic heterocycles. The van der Waals surface area contributed by atoms with Gasteiger partial charge in [-0.25, -0.2) is 0 Å². The molecule has 0 spiro atoms. The topological polar surface area (TPSA) is 59.2 Å². The van der Waals surface area contributed by atoms with Crippen LogP contribution in [0.3, 0.4) is 0 Å². The summed E-state index contributed by atoms with van der Waals surface area (Å²) >= 11 is 0. The standard InChI is InChI=1S/C14H21N3O/c1-2-7-17(10-11-3-4-11)14(18)13-6-5-12(8-15)9-16-13/h5-6,9,11H,2-4,7-8,10,15H2,1H3. The van der Waals surface area contributed by atoms with E-state index in [1.807, 2.05) is 11.0 Å². The molecule has 4 heteroatoms. The van der Waals surface area contributed by atoms with Gasteiger partial charge in [-0.2, -0.15) is 0 Å². The molecule has 1 aliphatic rings. The number of nitrogens with two attached hydrogens (primary N) is 1. The van der Waals surface area contributed by atoms with Crippen molar-refractivity contribution in [3.8, 4) is 0 Å². The Balaban J connectivity index is 2.05. The van der Waals surface area contributed by atoms with Gasteiger partial charge in [-0.1, -0.05) is 13.0 Å². The molecule has 2 rings (SSSR count). The van der Waals surface area contributed by atoms with Gasteiger partial charge in [0.15, 0.2) is 0 Å². The lowest BCUT2D eigenvalue weighted by molar-refractivity contribution is 0.0742.